The highest BCUT2D eigenvalue weighted by molar-refractivity contribution is 9.10. The zero-order valence-corrected chi connectivity index (χ0v) is 15.1. The van der Waals surface area contributed by atoms with Crippen LogP contribution in [0, 0.1) is 4.77 Å². The van der Waals surface area contributed by atoms with Crippen LogP contribution in [0.25, 0.3) is 0 Å². The molecule has 1 aromatic heterocycles. The number of nitrogens with one attached hydrogen (secondary N) is 2. The molecule has 0 unspecified atom stereocenters. The number of ether oxygens (including phenoxy) is 2. The lowest BCUT2D eigenvalue weighted by atomic mass is 10.2. The van der Waals surface area contributed by atoms with Gasteiger partial charge in [0.25, 0.3) is 0 Å². The third-order valence-corrected chi connectivity index (χ3v) is 3.79. The van der Waals surface area contributed by atoms with Crippen LogP contribution in [0.2, 0.25) is 0 Å². The van der Waals surface area contributed by atoms with Gasteiger partial charge in [-0.2, -0.15) is 5.10 Å². The van der Waals surface area contributed by atoms with E-state index >= 15 is 0 Å². The van der Waals surface area contributed by atoms with Gasteiger partial charge in [-0.25, -0.2) is 4.68 Å². The summed E-state index contributed by atoms with van der Waals surface area (Å²) in [5.41, 5.74) is 4.20. The second kappa shape index (κ2) is 7.64. The lowest BCUT2D eigenvalue weighted by Gasteiger charge is -2.17. The number of rotatable bonds is 7. The Morgan fingerprint density at radius 3 is 2.77 bits per heavy atom. The molecule has 2 N–H and O–H groups in total. The van der Waals surface area contributed by atoms with Gasteiger partial charge in [-0.05, 0) is 50.7 Å². The molecule has 0 fully saturated rings. The molecular formula is C14H19BrN4O2S. The number of hydrogen-bond donors (Lipinski definition) is 2. The predicted octanol–water partition coefficient (Wildman–Crippen LogP) is 3.63. The van der Waals surface area contributed by atoms with Crippen LogP contribution in [0.3, 0.4) is 0 Å². The average molecular weight is 387 g/mol. The van der Waals surface area contributed by atoms with E-state index in [1.165, 1.54) is 0 Å². The van der Waals surface area contributed by atoms with Gasteiger partial charge in [0.15, 0.2) is 11.5 Å². The Morgan fingerprint density at radius 2 is 2.18 bits per heavy atom. The minimum atomic E-state index is 0.0827. The summed E-state index contributed by atoms with van der Waals surface area (Å²) in [5.74, 6) is 1.46. The van der Waals surface area contributed by atoms with E-state index in [2.05, 4.69) is 31.6 Å². The maximum atomic E-state index is 5.79. The van der Waals surface area contributed by atoms with Crippen molar-refractivity contribution >= 4 is 28.1 Å². The Balaban J connectivity index is 2.22. The maximum Gasteiger partial charge on any atom is 0.214 e. The molecule has 0 bridgehead atoms. The molecule has 0 amide bonds. The van der Waals surface area contributed by atoms with E-state index < -0.39 is 0 Å². The van der Waals surface area contributed by atoms with Crippen molar-refractivity contribution in [2.75, 3.05) is 12.0 Å². The van der Waals surface area contributed by atoms with Crippen molar-refractivity contribution in [1.82, 2.24) is 14.9 Å². The first-order valence-corrected chi connectivity index (χ1v) is 8.19. The zero-order valence-electron chi connectivity index (χ0n) is 12.7. The Hall–Kier alpha value is -1.54. The van der Waals surface area contributed by atoms with E-state index in [0.717, 1.165) is 21.5 Å². The van der Waals surface area contributed by atoms with E-state index in [1.807, 2.05) is 32.9 Å². The molecule has 0 aliphatic heterocycles. The molecular weight excluding hydrogens is 368 g/mol. The van der Waals surface area contributed by atoms with Gasteiger partial charge in [0.1, 0.15) is 6.33 Å². The smallest absolute Gasteiger partial charge is 0.214 e. The average Bonchev–Trinajstić information content (AvgIpc) is 2.85. The van der Waals surface area contributed by atoms with Crippen molar-refractivity contribution in [2.45, 2.75) is 33.4 Å². The Labute approximate surface area is 142 Å². The molecule has 1 heterocycles. The highest BCUT2D eigenvalue weighted by atomic mass is 79.9. The molecule has 0 atom stereocenters. The third kappa shape index (κ3) is 4.23. The molecule has 0 saturated carbocycles. The zero-order chi connectivity index (χ0) is 16.1. The highest BCUT2D eigenvalue weighted by Crippen LogP contribution is 2.34. The molecule has 2 rings (SSSR count). The van der Waals surface area contributed by atoms with Crippen molar-refractivity contribution in [3.8, 4) is 11.5 Å². The van der Waals surface area contributed by atoms with Gasteiger partial charge in [0, 0.05) is 4.47 Å². The lowest BCUT2D eigenvalue weighted by molar-refractivity contribution is 0.223. The molecule has 1 aromatic carbocycles. The van der Waals surface area contributed by atoms with Crippen LogP contribution in [0.15, 0.2) is 22.9 Å². The van der Waals surface area contributed by atoms with E-state index in [1.54, 1.807) is 11.0 Å². The van der Waals surface area contributed by atoms with Crippen molar-refractivity contribution in [1.29, 1.82) is 0 Å². The summed E-state index contributed by atoms with van der Waals surface area (Å²) in [6.45, 7) is 7.07. The van der Waals surface area contributed by atoms with Gasteiger partial charge < -0.3 is 14.9 Å². The van der Waals surface area contributed by atoms with E-state index in [9.17, 15) is 0 Å². The summed E-state index contributed by atoms with van der Waals surface area (Å²) < 4.78 is 14.6. The molecule has 120 valence electrons. The largest absolute Gasteiger partial charge is 0.490 e. The fourth-order valence-corrected chi connectivity index (χ4v) is 2.49. The van der Waals surface area contributed by atoms with Crippen molar-refractivity contribution in [2.24, 2.45) is 0 Å². The fourth-order valence-electron chi connectivity index (χ4n) is 1.86. The quantitative estimate of drug-likeness (QED) is 0.711. The van der Waals surface area contributed by atoms with Gasteiger partial charge in [-0.1, -0.05) is 15.9 Å². The Morgan fingerprint density at radius 1 is 1.41 bits per heavy atom. The summed E-state index contributed by atoms with van der Waals surface area (Å²) >= 11 is 8.67. The van der Waals surface area contributed by atoms with Crippen LogP contribution in [0.4, 0.5) is 0 Å². The van der Waals surface area contributed by atoms with Crippen LogP contribution in [0.5, 0.6) is 11.5 Å². The SMILES string of the molecule is CCOc1cc(CNn2cn[nH]c2=S)c(Br)cc1OC(C)C. The predicted molar refractivity (Wildman–Crippen MR) is 91.6 cm³/mol. The molecule has 8 heteroatoms. The van der Waals surface area contributed by atoms with Crippen LogP contribution >= 0.6 is 28.1 Å². The van der Waals surface area contributed by atoms with Crippen LogP contribution in [-0.2, 0) is 6.54 Å². The monoisotopic (exact) mass is 386 g/mol. The molecule has 0 aliphatic carbocycles. The van der Waals surface area contributed by atoms with Crippen LogP contribution in [0.1, 0.15) is 26.3 Å². The minimum absolute atomic E-state index is 0.0827. The molecule has 0 radical (unpaired) electrons. The van der Waals surface area contributed by atoms with Gasteiger partial charge in [-0.15, -0.1) is 0 Å². The first-order valence-electron chi connectivity index (χ1n) is 6.99. The first kappa shape index (κ1) is 16.8. The lowest BCUT2D eigenvalue weighted by Crippen LogP contribution is -2.14. The summed E-state index contributed by atoms with van der Waals surface area (Å²) in [7, 11) is 0. The number of aromatic amines is 1. The molecule has 0 aliphatic rings. The summed E-state index contributed by atoms with van der Waals surface area (Å²) in [4.78, 5) is 0. The van der Waals surface area contributed by atoms with Crippen molar-refractivity contribution < 1.29 is 9.47 Å². The van der Waals surface area contributed by atoms with Gasteiger partial charge in [-0.3, -0.25) is 5.10 Å². The summed E-state index contributed by atoms with van der Waals surface area (Å²) in [6, 6.07) is 3.89. The van der Waals surface area contributed by atoms with Crippen molar-refractivity contribution in [3.63, 3.8) is 0 Å². The third-order valence-electron chi connectivity index (χ3n) is 2.77. The molecule has 6 nitrogen and oxygen atoms in total. The van der Waals surface area contributed by atoms with Gasteiger partial charge in [0.2, 0.25) is 4.77 Å². The number of halogens is 1. The van der Waals surface area contributed by atoms with E-state index in [4.69, 9.17) is 21.7 Å². The Bertz CT molecular complexity index is 684. The van der Waals surface area contributed by atoms with Gasteiger partial charge in [0.05, 0.1) is 19.3 Å². The first-order chi connectivity index (χ1) is 10.5. The second-order valence-corrected chi connectivity index (χ2v) is 6.10. The molecule has 22 heavy (non-hydrogen) atoms. The molecule has 0 spiro atoms. The van der Waals surface area contributed by atoms with Crippen LogP contribution < -0.4 is 14.9 Å². The number of nitrogens with zero attached hydrogens (tertiary/aromatic N) is 2. The number of aromatic nitrogens is 3. The summed E-state index contributed by atoms with van der Waals surface area (Å²) in [6.07, 6.45) is 1.68. The number of H-pyrrole nitrogens is 1. The van der Waals surface area contributed by atoms with Crippen LogP contribution in [-0.4, -0.2) is 27.6 Å². The topological polar surface area (TPSA) is 64.1 Å². The Kier molecular flexibility index (Phi) is 5.84. The maximum absolute atomic E-state index is 5.79. The normalized spacial score (nSPS) is 10.8. The molecule has 2 aromatic rings. The molecule has 0 saturated heterocycles. The fraction of sp³-hybridized carbons (Fsp3) is 0.429. The number of hydrogen-bond acceptors (Lipinski definition) is 5. The van der Waals surface area contributed by atoms with E-state index in [0.29, 0.717) is 17.9 Å². The van der Waals surface area contributed by atoms with E-state index in [-0.39, 0.29) is 6.10 Å². The highest BCUT2D eigenvalue weighted by Gasteiger charge is 2.12. The number of benzene rings is 1. The minimum Gasteiger partial charge on any atom is -0.490 e. The standard InChI is InChI=1S/C14H19BrN4O2S/c1-4-20-12-5-10(7-17-19-8-16-18-14(19)22)11(15)6-13(12)21-9(2)3/h5-6,8-9,17H,4,7H2,1-3H3,(H,18,22). The summed E-state index contributed by atoms with van der Waals surface area (Å²) in [5, 5.41) is 6.56. The second-order valence-electron chi connectivity index (χ2n) is 4.86. The van der Waals surface area contributed by atoms with Crippen molar-refractivity contribution in [3.05, 3.63) is 33.3 Å². The van der Waals surface area contributed by atoms with Gasteiger partial charge >= 0.3 is 0 Å².